The lowest BCUT2D eigenvalue weighted by molar-refractivity contribution is 0.370. The van der Waals surface area contributed by atoms with E-state index in [2.05, 4.69) is 5.32 Å². The monoisotopic (exact) mass is 216 g/mol. The van der Waals surface area contributed by atoms with Crippen molar-refractivity contribution in [2.45, 2.75) is 24.9 Å². The smallest absolute Gasteiger partial charge is 0.152 e. The van der Waals surface area contributed by atoms with E-state index in [9.17, 15) is 13.2 Å². The number of hydrogen-bond donors (Lipinski definition) is 2. The molecule has 0 unspecified atom stereocenters. The minimum Gasteiger partial charge on any atom is -0.377 e. The molecule has 0 bridgehead atoms. The summed E-state index contributed by atoms with van der Waals surface area (Å²) in [5.41, 5.74) is 5.27. The minimum atomic E-state index is -0.916. The molecule has 2 nitrogen and oxygen atoms in total. The molecule has 1 aliphatic carbocycles. The third-order valence-electron chi connectivity index (χ3n) is 2.53. The molecule has 1 aliphatic rings. The van der Waals surface area contributed by atoms with Gasteiger partial charge in [0.15, 0.2) is 11.6 Å². The summed E-state index contributed by atoms with van der Waals surface area (Å²) in [7, 11) is 0. The van der Waals surface area contributed by atoms with Gasteiger partial charge in [0.05, 0.1) is 0 Å². The van der Waals surface area contributed by atoms with Gasteiger partial charge in [-0.15, -0.1) is 0 Å². The van der Waals surface area contributed by atoms with Crippen molar-refractivity contribution < 1.29 is 13.2 Å². The Bertz CT molecular complexity index is 352. The van der Waals surface area contributed by atoms with E-state index in [1.807, 2.05) is 0 Å². The van der Waals surface area contributed by atoms with Crippen LogP contribution in [-0.2, 0) is 0 Å². The lowest BCUT2D eigenvalue weighted by atomic mass is 9.87. The molecule has 0 aromatic heterocycles. The minimum absolute atomic E-state index is 0.0190. The number of anilines is 1. The first kappa shape index (κ1) is 10.3. The second-order valence-corrected chi connectivity index (χ2v) is 3.82. The van der Waals surface area contributed by atoms with Crippen molar-refractivity contribution in [1.82, 2.24) is 0 Å². The first-order valence-corrected chi connectivity index (χ1v) is 4.73. The Kier molecular flexibility index (Phi) is 2.56. The maximum absolute atomic E-state index is 13.2. The van der Waals surface area contributed by atoms with E-state index < -0.39 is 17.5 Å². The zero-order chi connectivity index (χ0) is 11.0. The van der Waals surface area contributed by atoms with E-state index in [0.29, 0.717) is 25.0 Å². The van der Waals surface area contributed by atoms with Gasteiger partial charge in [-0.1, -0.05) is 0 Å². The molecule has 0 radical (unpaired) electrons. The molecular weight excluding hydrogens is 205 g/mol. The fourth-order valence-corrected chi connectivity index (χ4v) is 1.66. The van der Waals surface area contributed by atoms with Gasteiger partial charge in [-0.2, -0.15) is 0 Å². The predicted octanol–water partition coefficient (Wildman–Crippen LogP) is 2.01. The van der Waals surface area contributed by atoms with Crippen molar-refractivity contribution >= 4 is 5.69 Å². The Morgan fingerprint density at radius 2 is 1.67 bits per heavy atom. The van der Waals surface area contributed by atoms with Crippen LogP contribution in [0.3, 0.4) is 0 Å². The van der Waals surface area contributed by atoms with E-state index in [4.69, 9.17) is 5.73 Å². The summed E-state index contributed by atoms with van der Waals surface area (Å²) in [5.74, 6) is -2.73. The van der Waals surface area contributed by atoms with Crippen molar-refractivity contribution in [3.63, 3.8) is 0 Å². The van der Waals surface area contributed by atoms with Crippen LogP contribution in [0.15, 0.2) is 12.1 Å². The molecule has 2 rings (SSSR count). The fourth-order valence-electron chi connectivity index (χ4n) is 1.66. The lowest BCUT2D eigenvalue weighted by Gasteiger charge is -2.33. The van der Waals surface area contributed by atoms with E-state index in [1.165, 1.54) is 0 Å². The zero-order valence-electron chi connectivity index (χ0n) is 7.93. The molecule has 0 spiro atoms. The Balaban J connectivity index is 2.14. The maximum atomic E-state index is 13.2. The van der Waals surface area contributed by atoms with E-state index in [-0.39, 0.29) is 17.8 Å². The number of nitrogens with one attached hydrogen (secondary N) is 1. The highest BCUT2D eigenvalue weighted by molar-refractivity contribution is 5.47. The van der Waals surface area contributed by atoms with Crippen molar-refractivity contribution in [3.05, 3.63) is 29.6 Å². The molecule has 3 N–H and O–H groups in total. The van der Waals surface area contributed by atoms with E-state index in [0.717, 1.165) is 0 Å². The van der Waals surface area contributed by atoms with Gasteiger partial charge in [0, 0.05) is 24.2 Å². The molecule has 0 aliphatic heterocycles. The van der Waals surface area contributed by atoms with Crippen LogP contribution in [0, 0.1) is 17.5 Å². The highest BCUT2D eigenvalue weighted by atomic mass is 19.1. The summed E-state index contributed by atoms with van der Waals surface area (Å²) in [5, 5.41) is 2.68. The number of nitrogens with two attached hydrogens (primary N) is 1. The normalized spacial score (nSPS) is 24.8. The van der Waals surface area contributed by atoms with Crippen LogP contribution in [0.25, 0.3) is 0 Å². The molecule has 0 saturated heterocycles. The molecule has 0 heterocycles. The van der Waals surface area contributed by atoms with Crippen LogP contribution in [-0.4, -0.2) is 12.1 Å². The van der Waals surface area contributed by atoms with Gasteiger partial charge >= 0.3 is 0 Å². The van der Waals surface area contributed by atoms with E-state index >= 15 is 0 Å². The van der Waals surface area contributed by atoms with Crippen LogP contribution < -0.4 is 11.1 Å². The molecule has 1 aromatic carbocycles. The summed E-state index contributed by atoms with van der Waals surface area (Å²) in [4.78, 5) is 0. The number of hydrogen-bond acceptors (Lipinski definition) is 2. The molecule has 1 aromatic rings. The summed E-state index contributed by atoms with van der Waals surface area (Å²) in [6.45, 7) is 0. The van der Waals surface area contributed by atoms with Gasteiger partial charge in [0.2, 0.25) is 0 Å². The third-order valence-corrected chi connectivity index (χ3v) is 2.53. The molecule has 5 heteroatoms. The molecule has 0 amide bonds. The van der Waals surface area contributed by atoms with Crippen LogP contribution in [0.4, 0.5) is 18.9 Å². The van der Waals surface area contributed by atoms with Gasteiger partial charge in [-0.05, 0) is 12.8 Å². The lowest BCUT2D eigenvalue weighted by Crippen LogP contribution is -2.44. The van der Waals surface area contributed by atoms with E-state index in [1.54, 1.807) is 0 Å². The number of rotatable bonds is 2. The topological polar surface area (TPSA) is 38.0 Å². The van der Waals surface area contributed by atoms with Gasteiger partial charge in [0.25, 0.3) is 0 Å². The van der Waals surface area contributed by atoms with Gasteiger partial charge in [-0.3, -0.25) is 0 Å². The second-order valence-electron chi connectivity index (χ2n) is 3.82. The first-order valence-electron chi connectivity index (χ1n) is 4.73. The van der Waals surface area contributed by atoms with Crippen molar-refractivity contribution in [2.75, 3.05) is 5.32 Å². The van der Waals surface area contributed by atoms with Crippen LogP contribution >= 0.6 is 0 Å². The average Bonchev–Trinajstić information content (AvgIpc) is 2.07. The number of benzene rings is 1. The van der Waals surface area contributed by atoms with Crippen molar-refractivity contribution in [3.8, 4) is 0 Å². The summed E-state index contributed by atoms with van der Waals surface area (Å²) in [6.07, 6.45) is 1.35. The van der Waals surface area contributed by atoms with Crippen LogP contribution in [0.1, 0.15) is 12.8 Å². The predicted molar refractivity (Wildman–Crippen MR) is 50.9 cm³/mol. The Morgan fingerprint density at radius 3 is 2.13 bits per heavy atom. The molecular formula is C10H11F3N2. The summed E-state index contributed by atoms with van der Waals surface area (Å²) in [6, 6.07) is 1.39. The molecule has 1 saturated carbocycles. The highest BCUT2D eigenvalue weighted by Gasteiger charge is 2.27. The quantitative estimate of drug-likeness (QED) is 0.793. The van der Waals surface area contributed by atoms with Crippen LogP contribution in [0.5, 0.6) is 0 Å². The Morgan fingerprint density at radius 1 is 1.13 bits per heavy atom. The van der Waals surface area contributed by atoms with Gasteiger partial charge < -0.3 is 11.1 Å². The fraction of sp³-hybridized carbons (Fsp3) is 0.400. The Labute approximate surface area is 85.3 Å². The average molecular weight is 216 g/mol. The van der Waals surface area contributed by atoms with Crippen molar-refractivity contribution in [2.24, 2.45) is 5.73 Å². The molecule has 1 fully saturated rings. The maximum Gasteiger partial charge on any atom is 0.152 e. The molecule has 15 heavy (non-hydrogen) atoms. The molecule has 0 atom stereocenters. The van der Waals surface area contributed by atoms with Crippen molar-refractivity contribution in [1.29, 1.82) is 0 Å². The van der Waals surface area contributed by atoms with Gasteiger partial charge in [0.1, 0.15) is 11.5 Å². The Hall–Kier alpha value is -1.23. The van der Waals surface area contributed by atoms with Crippen LogP contribution in [0.2, 0.25) is 0 Å². The second kappa shape index (κ2) is 3.73. The SMILES string of the molecule is NC1CC(Nc2c(F)cc(F)cc2F)C1. The first-order chi connectivity index (χ1) is 7.06. The number of halogens is 3. The largest absolute Gasteiger partial charge is 0.377 e. The summed E-state index contributed by atoms with van der Waals surface area (Å²) >= 11 is 0. The summed E-state index contributed by atoms with van der Waals surface area (Å²) < 4.78 is 38.9. The molecule has 82 valence electrons. The van der Waals surface area contributed by atoms with Gasteiger partial charge in [-0.25, -0.2) is 13.2 Å². The third kappa shape index (κ3) is 2.07. The standard InChI is InChI=1S/C10H11F3N2/c11-5-1-8(12)10(9(13)2-5)15-7-3-6(14)4-7/h1-2,6-7,15H,3-4,14H2. The highest BCUT2D eigenvalue weighted by Crippen LogP contribution is 2.26. The zero-order valence-corrected chi connectivity index (χ0v) is 7.93.